The zero-order chi connectivity index (χ0) is 34.6. The smallest absolute Gasteiger partial charge is 0.326 e. The number of carboxylic acid groups (broad SMARTS) is 1. The zero-order valence-electron chi connectivity index (χ0n) is 27.8. The van der Waals surface area contributed by atoms with Gasteiger partial charge in [-0.3, -0.25) is 19.2 Å². The summed E-state index contributed by atoms with van der Waals surface area (Å²) in [7, 11) is 0. The molecular weight excluding hydrogens is 608 g/mol. The van der Waals surface area contributed by atoms with Crippen LogP contribution in [-0.4, -0.2) is 69.6 Å². The number of rotatable bonds is 12. The highest BCUT2D eigenvalue weighted by atomic mass is 16.4. The van der Waals surface area contributed by atoms with Crippen molar-refractivity contribution < 1.29 is 43.0 Å². The molecule has 2 fully saturated rings. The van der Waals surface area contributed by atoms with Gasteiger partial charge in [0, 0.05) is 0 Å². The third kappa shape index (κ3) is 9.93. The molecule has 2 saturated carbocycles. The first-order valence-corrected chi connectivity index (χ1v) is 16.5. The topological polar surface area (TPSA) is 200 Å². The van der Waals surface area contributed by atoms with Gasteiger partial charge in [0.25, 0.3) is 11.8 Å². The molecule has 0 spiro atoms. The van der Waals surface area contributed by atoms with Crippen LogP contribution in [0, 0.1) is 11.8 Å². The summed E-state index contributed by atoms with van der Waals surface area (Å²) in [6.07, 6.45) is 10.4. The molecule has 47 heavy (non-hydrogen) atoms. The first kappa shape index (κ1) is 37.3. The molecule has 2 heterocycles. The van der Waals surface area contributed by atoms with Crippen LogP contribution < -0.4 is 21.3 Å². The van der Waals surface area contributed by atoms with Crippen molar-refractivity contribution in [1.29, 1.82) is 0 Å². The number of aliphatic carboxylic acids is 1. The molecule has 0 aromatic carbocycles. The van der Waals surface area contributed by atoms with Crippen molar-refractivity contribution in [3.05, 3.63) is 48.3 Å². The maximum absolute atomic E-state index is 12.8. The summed E-state index contributed by atoms with van der Waals surface area (Å²) in [6.45, 7) is 7.22. The third-order valence-electron chi connectivity index (χ3n) is 9.02. The van der Waals surface area contributed by atoms with Gasteiger partial charge in [-0.1, -0.05) is 66.2 Å². The summed E-state index contributed by atoms with van der Waals surface area (Å²) < 4.78 is 10.2. The molecule has 13 nitrogen and oxygen atoms in total. The van der Waals surface area contributed by atoms with Crippen LogP contribution in [-0.2, 0) is 14.4 Å². The quantitative estimate of drug-likeness (QED) is 0.196. The number of carboxylic acids is 1. The van der Waals surface area contributed by atoms with Crippen molar-refractivity contribution in [3.63, 3.8) is 0 Å². The first-order valence-electron chi connectivity index (χ1n) is 16.5. The van der Waals surface area contributed by atoms with Gasteiger partial charge in [-0.05, 0) is 61.8 Å². The van der Waals surface area contributed by atoms with Crippen LogP contribution in [0.3, 0.4) is 0 Å². The lowest BCUT2D eigenvalue weighted by molar-refractivity contribution is -0.144. The van der Waals surface area contributed by atoms with Crippen molar-refractivity contribution in [2.45, 2.75) is 115 Å². The number of amides is 4. The molecule has 0 bridgehead atoms. The Morgan fingerprint density at radius 3 is 1.45 bits per heavy atom. The van der Waals surface area contributed by atoms with Crippen LogP contribution in [0.5, 0.6) is 0 Å². The molecule has 2 aromatic heterocycles. The number of carbonyl (C=O) groups excluding carboxylic acids is 4. The second-order valence-corrected chi connectivity index (χ2v) is 13.2. The van der Waals surface area contributed by atoms with E-state index in [2.05, 4.69) is 21.3 Å². The van der Waals surface area contributed by atoms with Crippen LogP contribution in [0.2, 0.25) is 0 Å². The molecule has 4 rings (SSSR count). The molecule has 2 aliphatic carbocycles. The number of aliphatic hydroxyl groups excluding tert-OH is 1. The Labute approximate surface area is 275 Å². The highest BCUT2D eigenvalue weighted by molar-refractivity contribution is 5.99. The highest BCUT2D eigenvalue weighted by Crippen LogP contribution is 2.30. The average Bonchev–Trinajstić information content (AvgIpc) is 3.79. The van der Waals surface area contributed by atoms with Crippen molar-refractivity contribution in [2.75, 3.05) is 6.61 Å². The second kappa shape index (κ2) is 17.1. The number of hydrogen-bond acceptors (Lipinski definition) is 8. The molecule has 2 aliphatic rings. The molecule has 0 aliphatic heterocycles. The molecule has 0 saturated heterocycles. The molecular formula is C34H50N4O9. The SMILES string of the molecule is CC(C)[C@@H](CO)NC(=O)C1(NC(=O)c2ccco2)CCCCC1.CC(C)[C@H](NC(=O)C1(NC(=O)c2ccco2)CCCCC1)C(=O)O. The van der Waals surface area contributed by atoms with E-state index in [1.165, 1.54) is 18.6 Å². The molecule has 0 radical (unpaired) electrons. The van der Waals surface area contributed by atoms with Gasteiger partial charge in [-0.2, -0.15) is 0 Å². The fraction of sp³-hybridized carbons (Fsp3) is 0.618. The van der Waals surface area contributed by atoms with E-state index in [0.717, 1.165) is 38.5 Å². The summed E-state index contributed by atoms with van der Waals surface area (Å²) in [4.78, 5) is 61.7. The number of hydrogen-bond donors (Lipinski definition) is 6. The fourth-order valence-corrected chi connectivity index (χ4v) is 6.02. The lowest BCUT2D eigenvalue weighted by atomic mass is 9.80. The Balaban J connectivity index is 0.000000256. The Kier molecular flexibility index (Phi) is 13.6. The number of nitrogens with one attached hydrogen (secondary N) is 4. The van der Waals surface area contributed by atoms with E-state index in [9.17, 15) is 34.2 Å². The largest absolute Gasteiger partial charge is 0.480 e. The summed E-state index contributed by atoms with van der Waals surface area (Å²) in [5.74, 6) is -2.39. The summed E-state index contributed by atoms with van der Waals surface area (Å²) in [6, 6.07) is 5.04. The van der Waals surface area contributed by atoms with Gasteiger partial charge in [0.2, 0.25) is 11.8 Å². The Hall–Kier alpha value is -4.13. The van der Waals surface area contributed by atoms with Gasteiger partial charge in [-0.25, -0.2) is 4.79 Å². The third-order valence-corrected chi connectivity index (χ3v) is 9.02. The summed E-state index contributed by atoms with van der Waals surface area (Å²) in [5, 5.41) is 29.9. The lowest BCUT2D eigenvalue weighted by Gasteiger charge is -2.37. The predicted molar refractivity (Wildman–Crippen MR) is 172 cm³/mol. The Morgan fingerprint density at radius 1 is 0.702 bits per heavy atom. The lowest BCUT2D eigenvalue weighted by Crippen LogP contribution is -2.62. The maximum atomic E-state index is 12.8. The van der Waals surface area contributed by atoms with Crippen LogP contribution in [0.15, 0.2) is 45.6 Å². The van der Waals surface area contributed by atoms with Crippen molar-refractivity contribution in [1.82, 2.24) is 21.3 Å². The highest BCUT2D eigenvalue weighted by Gasteiger charge is 2.44. The van der Waals surface area contributed by atoms with E-state index in [1.54, 1.807) is 32.0 Å². The van der Waals surface area contributed by atoms with E-state index in [4.69, 9.17) is 8.83 Å². The van der Waals surface area contributed by atoms with Crippen LogP contribution in [0.4, 0.5) is 0 Å². The maximum Gasteiger partial charge on any atom is 0.326 e. The predicted octanol–water partition coefficient (Wildman–Crippen LogP) is 3.78. The van der Waals surface area contributed by atoms with Crippen LogP contribution >= 0.6 is 0 Å². The number of aliphatic hydroxyl groups is 1. The number of carbonyl (C=O) groups is 5. The van der Waals surface area contributed by atoms with Gasteiger partial charge in [0.05, 0.1) is 25.2 Å². The minimum atomic E-state index is -1.09. The number of furan rings is 2. The van der Waals surface area contributed by atoms with E-state index >= 15 is 0 Å². The first-order chi connectivity index (χ1) is 22.3. The van der Waals surface area contributed by atoms with Crippen LogP contribution in [0.25, 0.3) is 0 Å². The van der Waals surface area contributed by atoms with Crippen molar-refractivity contribution in [2.24, 2.45) is 11.8 Å². The monoisotopic (exact) mass is 658 g/mol. The molecule has 13 heteroatoms. The summed E-state index contributed by atoms with van der Waals surface area (Å²) in [5.41, 5.74) is -2.02. The molecule has 0 unspecified atom stereocenters. The standard InChI is InChI=1S/C17H24N2O5.C17H26N2O4/c1-11(2)13(15(21)22)18-16(23)17(8-4-3-5-9-17)19-14(20)12-7-6-10-24-12;1-12(2)13(11-20)18-16(22)17(8-4-3-5-9-17)19-15(21)14-7-6-10-23-14/h6-7,10-11,13H,3-5,8-9H2,1-2H3,(H,18,23)(H,19,20)(H,21,22);6-7,10,12-13,20H,3-5,8-9,11H2,1-2H3,(H,18,22)(H,19,21)/t2*13-/m01/s1. The molecule has 260 valence electrons. The van der Waals surface area contributed by atoms with E-state index in [0.29, 0.717) is 25.7 Å². The fourth-order valence-electron chi connectivity index (χ4n) is 6.02. The minimum Gasteiger partial charge on any atom is -0.480 e. The van der Waals surface area contributed by atoms with Gasteiger partial charge in [0.15, 0.2) is 11.5 Å². The van der Waals surface area contributed by atoms with Crippen molar-refractivity contribution >= 4 is 29.6 Å². The van der Waals surface area contributed by atoms with E-state index in [1.807, 2.05) is 13.8 Å². The summed E-state index contributed by atoms with van der Waals surface area (Å²) >= 11 is 0. The molecule has 2 atom stereocenters. The zero-order valence-corrected chi connectivity index (χ0v) is 27.8. The van der Waals surface area contributed by atoms with Crippen molar-refractivity contribution in [3.8, 4) is 0 Å². The van der Waals surface area contributed by atoms with Gasteiger partial charge >= 0.3 is 5.97 Å². The Bertz CT molecular complexity index is 1310. The van der Waals surface area contributed by atoms with Gasteiger partial charge in [0.1, 0.15) is 17.1 Å². The molecule has 6 N–H and O–H groups in total. The van der Waals surface area contributed by atoms with E-state index < -0.39 is 34.9 Å². The van der Waals surface area contributed by atoms with E-state index in [-0.39, 0.29) is 47.8 Å². The Morgan fingerprint density at radius 2 is 1.13 bits per heavy atom. The average molecular weight is 659 g/mol. The molecule has 4 amide bonds. The minimum absolute atomic E-state index is 0.116. The molecule has 2 aromatic rings. The van der Waals surface area contributed by atoms with Gasteiger partial charge < -0.3 is 40.3 Å². The second-order valence-electron chi connectivity index (χ2n) is 13.2. The van der Waals surface area contributed by atoms with Gasteiger partial charge in [-0.15, -0.1) is 0 Å². The normalized spacial score (nSPS) is 18.2. The van der Waals surface area contributed by atoms with Crippen LogP contribution in [0.1, 0.15) is 113 Å².